The van der Waals surface area contributed by atoms with Crippen molar-refractivity contribution in [3.05, 3.63) is 24.3 Å². The molecule has 0 radical (unpaired) electrons. The molecule has 1 spiro atoms. The number of aliphatic hydroxyl groups is 1. The second-order valence-corrected chi connectivity index (χ2v) is 13.2. The fourth-order valence-electron chi connectivity index (χ4n) is 7.34. The fraction of sp³-hybridized carbons (Fsp3) is 0.750. The second-order valence-electron chi connectivity index (χ2n) is 11.4. The fourth-order valence-corrected chi connectivity index (χ4v) is 9.48. The summed E-state index contributed by atoms with van der Waals surface area (Å²) in [5.74, 6) is -1.98. The Morgan fingerprint density at radius 1 is 1.11 bits per heavy atom. The smallest absolute Gasteiger partial charge is 0.311 e. The molecule has 198 valence electrons. The van der Waals surface area contributed by atoms with Crippen molar-refractivity contribution in [2.45, 2.75) is 93.3 Å². The van der Waals surface area contributed by atoms with Crippen LogP contribution in [0.15, 0.2) is 24.3 Å². The van der Waals surface area contributed by atoms with Gasteiger partial charge in [0.15, 0.2) is 0 Å². The van der Waals surface area contributed by atoms with Gasteiger partial charge in [-0.15, -0.1) is 11.8 Å². The van der Waals surface area contributed by atoms with Crippen LogP contribution >= 0.6 is 11.8 Å². The molecular weight excluding hydrogens is 476 g/mol. The van der Waals surface area contributed by atoms with Gasteiger partial charge < -0.3 is 19.6 Å². The topological polar surface area (TPSA) is 87.2 Å². The Morgan fingerprint density at radius 3 is 2.56 bits per heavy atom. The van der Waals surface area contributed by atoms with Gasteiger partial charge in [-0.2, -0.15) is 0 Å². The number of likely N-dealkylation sites (tertiary alicyclic amines) is 1. The Morgan fingerprint density at radius 2 is 1.86 bits per heavy atom. The maximum atomic E-state index is 14.5. The van der Waals surface area contributed by atoms with E-state index in [2.05, 4.69) is 18.2 Å². The minimum Gasteiger partial charge on any atom is -0.465 e. The molecule has 4 heterocycles. The number of cyclic esters (lactones) is 1. The lowest BCUT2D eigenvalue weighted by molar-refractivity contribution is -0.155. The highest BCUT2D eigenvalue weighted by molar-refractivity contribution is 8.02. The Labute approximate surface area is 218 Å². The van der Waals surface area contributed by atoms with E-state index in [0.29, 0.717) is 19.6 Å². The predicted molar refractivity (Wildman–Crippen MR) is 139 cm³/mol. The van der Waals surface area contributed by atoms with Crippen LogP contribution < -0.4 is 0 Å². The van der Waals surface area contributed by atoms with Crippen molar-refractivity contribution in [1.82, 2.24) is 9.80 Å². The summed E-state index contributed by atoms with van der Waals surface area (Å²) < 4.78 is 4.08. The summed E-state index contributed by atoms with van der Waals surface area (Å²) >= 11 is 1.58. The Kier molecular flexibility index (Phi) is 7.05. The Bertz CT molecular complexity index is 962. The zero-order valence-corrected chi connectivity index (χ0v) is 22.5. The van der Waals surface area contributed by atoms with Gasteiger partial charge in [-0.05, 0) is 32.1 Å². The van der Waals surface area contributed by atoms with E-state index in [9.17, 15) is 19.5 Å². The van der Waals surface area contributed by atoms with Crippen LogP contribution in [-0.4, -0.2) is 80.1 Å². The normalized spacial score (nSPS) is 38.6. The zero-order valence-electron chi connectivity index (χ0n) is 21.7. The lowest BCUT2D eigenvalue weighted by Crippen LogP contribution is -2.59. The summed E-state index contributed by atoms with van der Waals surface area (Å²) in [4.78, 5) is 46.1. The first kappa shape index (κ1) is 25.8. The van der Waals surface area contributed by atoms with E-state index in [0.717, 1.165) is 32.1 Å². The van der Waals surface area contributed by atoms with E-state index < -0.39 is 33.4 Å². The highest BCUT2D eigenvalue weighted by atomic mass is 32.2. The van der Waals surface area contributed by atoms with Crippen LogP contribution in [0.25, 0.3) is 0 Å². The van der Waals surface area contributed by atoms with Crippen molar-refractivity contribution >= 4 is 29.5 Å². The third-order valence-corrected chi connectivity index (χ3v) is 11.1. The number of hydrogen-bond acceptors (Lipinski definition) is 6. The second kappa shape index (κ2) is 9.82. The summed E-state index contributed by atoms with van der Waals surface area (Å²) in [6.45, 7) is 6.67. The maximum Gasteiger partial charge on any atom is 0.311 e. The molecule has 7 nitrogen and oxygen atoms in total. The average molecular weight is 517 g/mol. The monoisotopic (exact) mass is 516 g/mol. The van der Waals surface area contributed by atoms with Crippen molar-refractivity contribution in [3.63, 3.8) is 0 Å². The van der Waals surface area contributed by atoms with Gasteiger partial charge in [0.2, 0.25) is 11.8 Å². The molecule has 3 fully saturated rings. The van der Waals surface area contributed by atoms with E-state index in [1.54, 1.807) is 16.7 Å². The molecule has 5 rings (SSSR count). The van der Waals surface area contributed by atoms with E-state index in [4.69, 9.17) is 4.74 Å². The highest BCUT2D eigenvalue weighted by Gasteiger charge is 2.74. The highest BCUT2D eigenvalue weighted by Crippen LogP contribution is 2.65. The van der Waals surface area contributed by atoms with E-state index in [1.165, 1.54) is 6.42 Å². The predicted octanol–water partition coefficient (Wildman–Crippen LogP) is 3.32. The van der Waals surface area contributed by atoms with Gasteiger partial charge in [0.25, 0.3) is 0 Å². The molecule has 0 bridgehead atoms. The van der Waals surface area contributed by atoms with Crippen LogP contribution in [0.4, 0.5) is 0 Å². The molecule has 0 aromatic carbocycles. The molecule has 1 unspecified atom stereocenters. The molecule has 1 aliphatic carbocycles. The van der Waals surface area contributed by atoms with Crippen LogP contribution in [0.1, 0.15) is 65.7 Å². The summed E-state index contributed by atoms with van der Waals surface area (Å²) in [6.07, 6.45) is 15.0. The van der Waals surface area contributed by atoms with Crippen molar-refractivity contribution < 1.29 is 24.2 Å². The molecule has 1 saturated carbocycles. The molecular formula is C28H40N2O5S. The number of thioether (sulfide) groups is 1. The molecule has 2 amide bonds. The van der Waals surface area contributed by atoms with Crippen molar-refractivity contribution in [2.75, 3.05) is 19.8 Å². The summed E-state index contributed by atoms with van der Waals surface area (Å²) in [7, 11) is 0. The Hall–Kier alpha value is -1.80. The molecule has 5 aliphatic rings. The number of nitrogens with zero attached hydrogens (tertiary/aromatic N) is 2. The van der Waals surface area contributed by atoms with Gasteiger partial charge in [-0.1, -0.05) is 63.8 Å². The molecule has 7 atom stereocenters. The van der Waals surface area contributed by atoms with Gasteiger partial charge in [0.1, 0.15) is 6.04 Å². The summed E-state index contributed by atoms with van der Waals surface area (Å²) in [6, 6.07) is -1.07. The summed E-state index contributed by atoms with van der Waals surface area (Å²) in [5, 5.41) is 10.5. The number of amides is 2. The van der Waals surface area contributed by atoms with Gasteiger partial charge in [0.05, 0.1) is 35.8 Å². The van der Waals surface area contributed by atoms with Crippen molar-refractivity contribution in [2.24, 2.45) is 17.8 Å². The van der Waals surface area contributed by atoms with Crippen LogP contribution in [0, 0.1) is 17.8 Å². The Balaban J connectivity index is 1.65. The molecule has 1 N–H and O–H groups in total. The molecule has 0 aromatic heterocycles. The zero-order chi connectivity index (χ0) is 25.7. The number of aliphatic hydroxyl groups excluding tert-OH is 1. The van der Waals surface area contributed by atoms with Gasteiger partial charge in [0, 0.05) is 17.3 Å². The minimum atomic E-state index is -0.883. The number of fused-ring (bicyclic) bond motifs is 2. The number of rotatable bonds is 5. The first-order valence-corrected chi connectivity index (χ1v) is 14.6. The van der Waals surface area contributed by atoms with Gasteiger partial charge in [-0.3, -0.25) is 14.4 Å². The van der Waals surface area contributed by atoms with E-state index >= 15 is 0 Å². The SMILES string of the molecule is CC[C@H](C)[C@H](CO)N1C(=O)[C@@H]2[C@H]3C(=O)OCCC=C[C@@]3(C)S[C@@]23C=CCN(C2CCCCC2)C(=O)C13. The first-order valence-electron chi connectivity index (χ1n) is 13.7. The molecule has 2 saturated heterocycles. The number of carbonyl (C=O) groups excluding carboxylic acids is 3. The van der Waals surface area contributed by atoms with Crippen LogP contribution in [0.5, 0.6) is 0 Å². The standard InChI is InChI=1S/C28H40N2O5S/c1-4-18(2)20(17-31)30-23-25(33)29(19-11-6-5-7-12-19)15-10-14-28(23)21(24(30)32)22-26(34)35-16-9-8-13-27(22,3)36-28/h8,10,13-14,18-23,31H,4-7,9,11-12,15-17H2,1-3H3/t18-,20-,21-,22-,23?,27+,28-/m0/s1. The lowest BCUT2D eigenvalue weighted by atomic mass is 9.74. The van der Waals surface area contributed by atoms with Crippen LogP contribution in [-0.2, 0) is 19.1 Å². The molecule has 0 aromatic rings. The number of hydrogen-bond donors (Lipinski definition) is 1. The largest absolute Gasteiger partial charge is 0.465 e. The third-order valence-electron chi connectivity index (χ3n) is 9.35. The van der Waals surface area contributed by atoms with Crippen molar-refractivity contribution in [1.29, 1.82) is 0 Å². The lowest BCUT2D eigenvalue weighted by Gasteiger charge is -2.43. The van der Waals surface area contributed by atoms with Gasteiger partial charge >= 0.3 is 5.97 Å². The maximum absolute atomic E-state index is 14.5. The summed E-state index contributed by atoms with van der Waals surface area (Å²) in [5.41, 5.74) is 0. The van der Waals surface area contributed by atoms with Gasteiger partial charge in [-0.25, -0.2) is 0 Å². The third kappa shape index (κ3) is 3.85. The minimum absolute atomic E-state index is 0.0126. The first-order chi connectivity index (χ1) is 17.3. The van der Waals surface area contributed by atoms with Crippen LogP contribution in [0.3, 0.4) is 0 Å². The van der Waals surface area contributed by atoms with Crippen LogP contribution in [0.2, 0.25) is 0 Å². The van der Waals surface area contributed by atoms with E-state index in [1.807, 2.05) is 31.7 Å². The van der Waals surface area contributed by atoms with Crippen molar-refractivity contribution in [3.8, 4) is 0 Å². The molecule has 36 heavy (non-hydrogen) atoms. The molecule has 8 heteroatoms. The number of ether oxygens (including phenoxy) is 1. The number of carbonyl (C=O) groups is 3. The quantitative estimate of drug-likeness (QED) is 0.446. The number of esters is 1. The molecule has 4 aliphatic heterocycles. The average Bonchev–Trinajstić information content (AvgIpc) is 3.19. The van der Waals surface area contributed by atoms with E-state index in [-0.39, 0.29) is 36.4 Å².